The Hall–Kier alpha value is -0.540. The number of ether oxygens (including phenoxy) is 1. The van der Waals surface area contributed by atoms with Crippen LogP contribution in [-0.2, 0) is 9.53 Å². The van der Waals surface area contributed by atoms with Gasteiger partial charge < -0.3 is 9.84 Å². The van der Waals surface area contributed by atoms with E-state index in [0.29, 0.717) is 0 Å². The molecular formula is C5H5ClO3. The van der Waals surface area contributed by atoms with E-state index < -0.39 is 12.1 Å². The Morgan fingerprint density at radius 3 is 2.78 bits per heavy atom. The molecule has 0 aromatic heterocycles. The van der Waals surface area contributed by atoms with Gasteiger partial charge in [-0.2, -0.15) is 0 Å². The van der Waals surface area contributed by atoms with E-state index in [4.69, 9.17) is 16.7 Å². The summed E-state index contributed by atoms with van der Waals surface area (Å²) < 4.78 is 4.51. The number of rotatable bonds is 1. The fraction of sp³-hybridized carbons (Fsp3) is 0.400. The molecule has 1 aliphatic heterocycles. The monoisotopic (exact) mass is 148 g/mol. The molecule has 0 amide bonds. The van der Waals surface area contributed by atoms with Gasteiger partial charge in [-0.15, -0.1) is 0 Å². The van der Waals surface area contributed by atoms with Crippen molar-refractivity contribution >= 4 is 17.6 Å². The molecule has 0 spiro atoms. The van der Waals surface area contributed by atoms with Crippen LogP contribution in [0.5, 0.6) is 0 Å². The Kier molecular flexibility index (Phi) is 1.73. The Morgan fingerprint density at radius 1 is 1.89 bits per heavy atom. The summed E-state index contributed by atoms with van der Waals surface area (Å²) in [6, 6.07) is 0. The van der Waals surface area contributed by atoms with Crippen LogP contribution >= 0.6 is 11.6 Å². The molecule has 0 saturated heterocycles. The summed E-state index contributed by atoms with van der Waals surface area (Å²) in [4.78, 5) is 10.4. The molecule has 0 unspecified atom stereocenters. The number of esters is 1. The molecule has 9 heavy (non-hydrogen) atoms. The Balaban J connectivity index is 2.62. The third kappa shape index (κ3) is 1.23. The summed E-state index contributed by atoms with van der Waals surface area (Å²) in [6.07, 6.45) is 0.842. The Labute approximate surface area is 56.9 Å². The number of carbonyl (C=O) groups excluding carboxylic acids is 1. The van der Waals surface area contributed by atoms with Crippen molar-refractivity contribution in [3.8, 4) is 0 Å². The van der Waals surface area contributed by atoms with Crippen molar-refractivity contribution in [2.24, 2.45) is 0 Å². The molecule has 50 valence electrons. The summed E-state index contributed by atoms with van der Waals surface area (Å²) >= 11 is 5.31. The van der Waals surface area contributed by atoms with Crippen LogP contribution in [0.25, 0.3) is 0 Å². The molecule has 0 aromatic rings. The first-order chi connectivity index (χ1) is 4.24. The zero-order valence-corrected chi connectivity index (χ0v) is 5.26. The second-order valence-electron chi connectivity index (χ2n) is 1.64. The van der Waals surface area contributed by atoms with Gasteiger partial charge in [0.1, 0.15) is 11.1 Å². The maximum Gasteiger partial charge on any atom is 0.350 e. The predicted molar refractivity (Wildman–Crippen MR) is 30.9 cm³/mol. The van der Waals surface area contributed by atoms with Crippen LogP contribution in [0.15, 0.2) is 11.1 Å². The largest absolute Gasteiger partial charge is 0.451 e. The van der Waals surface area contributed by atoms with Crippen molar-refractivity contribution < 1.29 is 14.6 Å². The van der Waals surface area contributed by atoms with Gasteiger partial charge in [-0.1, -0.05) is 11.6 Å². The average molecular weight is 149 g/mol. The second kappa shape index (κ2) is 2.37. The topological polar surface area (TPSA) is 46.5 Å². The minimum atomic E-state index is -0.560. The van der Waals surface area contributed by atoms with E-state index in [2.05, 4.69) is 4.74 Å². The van der Waals surface area contributed by atoms with Gasteiger partial charge in [0, 0.05) is 0 Å². The van der Waals surface area contributed by atoms with Crippen LogP contribution in [0.3, 0.4) is 0 Å². The molecule has 0 fully saturated rings. The lowest BCUT2D eigenvalue weighted by atomic mass is 10.4. The highest BCUT2D eigenvalue weighted by atomic mass is 35.5. The Morgan fingerprint density at radius 2 is 2.56 bits per heavy atom. The number of halogens is 1. The lowest BCUT2D eigenvalue weighted by Crippen LogP contribution is -2.11. The van der Waals surface area contributed by atoms with Crippen LogP contribution in [0.1, 0.15) is 0 Å². The van der Waals surface area contributed by atoms with Crippen molar-refractivity contribution in [3.63, 3.8) is 0 Å². The third-order valence-corrected chi connectivity index (χ3v) is 1.25. The number of hydrogen-bond donors (Lipinski definition) is 1. The number of hydrogen-bond acceptors (Lipinski definition) is 3. The number of aliphatic hydroxyl groups excluding tert-OH is 1. The minimum absolute atomic E-state index is 0.0500. The summed E-state index contributed by atoms with van der Waals surface area (Å²) in [5, 5.41) is 8.47. The van der Waals surface area contributed by atoms with E-state index in [9.17, 15) is 4.79 Å². The SMILES string of the molecule is O=C1O[C@H](CO)C=C1Cl. The number of aliphatic hydroxyl groups is 1. The van der Waals surface area contributed by atoms with Crippen LogP contribution in [0.2, 0.25) is 0 Å². The van der Waals surface area contributed by atoms with Gasteiger partial charge in [0.2, 0.25) is 0 Å². The quantitative estimate of drug-likeness (QED) is 0.534. The molecule has 1 heterocycles. The van der Waals surface area contributed by atoms with Crippen LogP contribution in [0.4, 0.5) is 0 Å². The predicted octanol–water partition coefficient (Wildman–Crippen LogP) is 0.0268. The van der Waals surface area contributed by atoms with E-state index in [1.807, 2.05) is 0 Å². The molecule has 1 rings (SSSR count). The maximum absolute atomic E-state index is 10.4. The van der Waals surface area contributed by atoms with Crippen LogP contribution < -0.4 is 0 Å². The van der Waals surface area contributed by atoms with E-state index in [1.54, 1.807) is 0 Å². The molecule has 1 aliphatic rings. The average Bonchev–Trinajstić information content (AvgIpc) is 2.13. The summed E-state index contributed by atoms with van der Waals surface area (Å²) in [5.41, 5.74) is 0. The van der Waals surface area contributed by atoms with E-state index in [-0.39, 0.29) is 11.6 Å². The first-order valence-corrected chi connectivity index (χ1v) is 2.81. The highest BCUT2D eigenvalue weighted by molar-refractivity contribution is 6.41. The molecule has 0 aromatic carbocycles. The summed E-state index contributed by atoms with van der Waals surface area (Å²) in [6.45, 7) is -0.206. The fourth-order valence-corrected chi connectivity index (χ4v) is 0.734. The fourth-order valence-electron chi connectivity index (χ4n) is 0.549. The van der Waals surface area contributed by atoms with E-state index >= 15 is 0 Å². The molecule has 0 bridgehead atoms. The van der Waals surface area contributed by atoms with Crippen molar-refractivity contribution in [2.45, 2.75) is 6.10 Å². The normalized spacial score (nSPS) is 25.8. The van der Waals surface area contributed by atoms with Gasteiger partial charge in [0.05, 0.1) is 6.61 Å². The third-order valence-electron chi connectivity index (χ3n) is 0.966. The van der Waals surface area contributed by atoms with Crippen LogP contribution in [-0.4, -0.2) is 23.8 Å². The highest BCUT2D eigenvalue weighted by Crippen LogP contribution is 2.15. The second-order valence-corrected chi connectivity index (χ2v) is 2.05. The van der Waals surface area contributed by atoms with Crippen molar-refractivity contribution in [1.82, 2.24) is 0 Å². The zero-order valence-electron chi connectivity index (χ0n) is 4.50. The van der Waals surface area contributed by atoms with Gasteiger partial charge in [-0.3, -0.25) is 0 Å². The van der Waals surface area contributed by atoms with Gasteiger partial charge >= 0.3 is 5.97 Å². The molecule has 4 heteroatoms. The first kappa shape index (κ1) is 6.58. The maximum atomic E-state index is 10.4. The molecule has 3 nitrogen and oxygen atoms in total. The minimum Gasteiger partial charge on any atom is -0.451 e. The van der Waals surface area contributed by atoms with Crippen molar-refractivity contribution in [2.75, 3.05) is 6.61 Å². The van der Waals surface area contributed by atoms with Crippen molar-refractivity contribution in [1.29, 1.82) is 0 Å². The molecular weight excluding hydrogens is 144 g/mol. The summed E-state index contributed by atoms with van der Waals surface area (Å²) in [7, 11) is 0. The first-order valence-electron chi connectivity index (χ1n) is 2.43. The van der Waals surface area contributed by atoms with Gasteiger partial charge in [0.15, 0.2) is 0 Å². The smallest absolute Gasteiger partial charge is 0.350 e. The van der Waals surface area contributed by atoms with E-state index in [1.165, 1.54) is 6.08 Å². The zero-order chi connectivity index (χ0) is 6.85. The molecule has 1 N–H and O–H groups in total. The van der Waals surface area contributed by atoms with Crippen LogP contribution in [0, 0.1) is 0 Å². The van der Waals surface area contributed by atoms with Gasteiger partial charge in [-0.05, 0) is 6.08 Å². The summed E-state index contributed by atoms with van der Waals surface area (Å²) in [5.74, 6) is -0.560. The molecule has 1 atom stereocenters. The number of carbonyl (C=O) groups is 1. The van der Waals surface area contributed by atoms with Crippen molar-refractivity contribution in [3.05, 3.63) is 11.1 Å². The number of cyclic esters (lactones) is 1. The molecule has 0 saturated carbocycles. The standard InChI is InChI=1S/C5H5ClO3/c6-4-1-3(2-7)9-5(4)8/h1,3,7H,2H2/t3-/m0/s1. The molecule has 0 radical (unpaired) electrons. The highest BCUT2D eigenvalue weighted by Gasteiger charge is 2.22. The molecule has 0 aliphatic carbocycles. The lowest BCUT2D eigenvalue weighted by Gasteiger charge is -2.00. The van der Waals surface area contributed by atoms with Gasteiger partial charge in [0.25, 0.3) is 0 Å². The van der Waals surface area contributed by atoms with E-state index in [0.717, 1.165) is 0 Å². The Bertz CT molecular complexity index is 164. The van der Waals surface area contributed by atoms with Gasteiger partial charge in [-0.25, -0.2) is 4.79 Å². The lowest BCUT2D eigenvalue weighted by molar-refractivity contribution is -0.140.